The fraction of sp³-hybridized carbons (Fsp3) is 0.333. The van der Waals surface area contributed by atoms with Crippen LogP contribution in [0.5, 0.6) is 5.75 Å². The Morgan fingerprint density at radius 2 is 1.90 bits per heavy atom. The molecule has 12 heteroatoms. The second-order valence-corrected chi connectivity index (χ2v) is 11.7. The standard InChI is InChI=1S/C27H25Cl2F3N4O2S/c28-19-8-6-18(7-9-19)3-2-12-35-13-10-26(11-14-35)17-36(25(37)34-16-20-15-33-24(29)39-20)21-4-1-5-22(23(21)26)38-27(30,31)32/h1-9,15H,10-14,16-17H2,(H,34,37). The van der Waals surface area contributed by atoms with E-state index < -0.39 is 17.8 Å². The van der Waals surface area contributed by atoms with Crippen LogP contribution in [0.4, 0.5) is 23.7 Å². The van der Waals surface area contributed by atoms with E-state index in [0.29, 0.717) is 53.2 Å². The van der Waals surface area contributed by atoms with Crippen LogP contribution >= 0.6 is 34.5 Å². The van der Waals surface area contributed by atoms with Crippen molar-refractivity contribution in [1.82, 2.24) is 15.2 Å². The number of fused-ring (bicyclic) bond motifs is 2. The van der Waals surface area contributed by atoms with Crippen molar-refractivity contribution in [2.75, 3.05) is 31.1 Å². The van der Waals surface area contributed by atoms with Gasteiger partial charge in [0.1, 0.15) is 5.75 Å². The van der Waals surface area contributed by atoms with Gasteiger partial charge in [-0.3, -0.25) is 9.80 Å². The maximum absolute atomic E-state index is 13.3. The highest BCUT2D eigenvalue weighted by atomic mass is 35.5. The molecule has 3 heterocycles. The van der Waals surface area contributed by atoms with E-state index in [4.69, 9.17) is 23.2 Å². The van der Waals surface area contributed by atoms with Crippen molar-refractivity contribution in [3.05, 3.63) is 80.2 Å². The van der Waals surface area contributed by atoms with Gasteiger partial charge in [-0.15, -0.1) is 24.5 Å². The van der Waals surface area contributed by atoms with Crippen molar-refractivity contribution in [2.45, 2.75) is 31.2 Å². The molecule has 5 rings (SSSR count). The molecule has 0 saturated carbocycles. The normalized spacial score (nSPS) is 17.1. The number of aromatic nitrogens is 1. The lowest BCUT2D eigenvalue weighted by Gasteiger charge is -2.40. The number of likely N-dealkylation sites (tertiary alicyclic amines) is 1. The fourth-order valence-electron chi connectivity index (χ4n) is 5.24. The summed E-state index contributed by atoms with van der Waals surface area (Å²) in [7, 11) is 0. The first-order valence-electron chi connectivity index (χ1n) is 12.3. The highest BCUT2D eigenvalue weighted by molar-refractivity contribution is 7.15. The third-order valence-corrected chi connectivity index (χ3v) is 8.42. The Morgan fingerprint density at radius 3 is 2.56 bits per heavy atom. The molecule has 0 aliphatic carbocycles. The van der Waals surface area contributed by atoms with Gasteiger partial charge in [-0.25, -0.2) is 9.78 Å². The molecule has 2 aliphatic heterocycles. The summed E-state index contributed by atoms with van der Waals surface area (Å²) >= 11 is 13.1. The molecular formula is C27H25Cl2F3N4O2S. The maximum atomic E-state index is 13.3. The van der Waals surface area contributed by atoms with Crippen molar-refractivity contribution in [2.24, 2.45) is 0 Å². The molecule has 1 saturated heterocycles. The predicted octanol–water partition coefficient (Wildman–Crippen LogP) is 7.13. The monoisotopic (exact) mass is 596 g/mol. The highest BCUT2D eigenvalue weighted by Gasteiger charge is 2.49. The predicted molar refractivity (Wildman–Crippen MR) is 148 cm³/mol. The van der Waals surface area contributed by atoms with Crippen LogP contribution in [0.1, 0.15) is 28.8 Å². The number of benzene rings is 2. The molecule has 1 spiro atoms. The number of hydrogen-bond acceptors (Lipinski definition) is 5. The minimum atomic E-state index is -4.84. The molecule has 1 fully saturated rings. The molecular weight excluding hydrogens is 572 g/mol. The molecule has 6 nitrogen and oxygen atoms in total. The Kier molecular flexibility index (Phi) is 8.09. The third-order valence-electron chi connectivity index (χ3n) is 7.05. The summed E-state index contributed by atoms with van der Waals surface area (Å²) in [4.78, 5) is 21.8. The summed E-state index contributed by atoms with van der Waals surface area (Å²) in [6.45, 7) is 2.52. The van der Waals surface area contributed by atoms with Crippen molar-refractivity contribution in [1.29, 1.82) is 0 Å². The van der Waals surface area contributed by atoms with Gasteiger partial charge < -0.3 is 10.1 Å². The van der Waals surface area contributed by atoms with E-state index in [0.717, 1.165) is 10.4 Å². The van der Waals surface area contributed by atoms with Crippen molar-refractivity contribution in [3.63, 3.8) is 0 Å². The number of ether oxygens (including phenoxy) is 1. The molecule has 206 valence electrons. The minimum absolute atomic E-state index is 0.217. The first-order chi connectivity index (χ1) is 18.6. The van der Waals surface area contributed by atoms with Gasteiger partial charge in [0.15, 0.2) is 4.47 Å². The maximum Gasteiger partial charge on any atom is 0.573 e. The number of anilines is 1. The molecule has 2 amide bonds. The SMILES string of the molecule is O=C(NCc1cnc(Cl)s1)N1CC2(CCN(CC=Cc3ccc(Cl)cc3)CC2)c2c(OC(F)(F)F)cccc21. The second-order valence-electron chi connectivity index (χ2n) is 9.56. The number of nitrogens with zero attached hydrogens (tertiary/aromatic N) is 3. The Morgan fingerprint density at radius 1 is 1.15 bits per heavy atom. The smallest absolute Gasteiger partial charge is 0.405 e. The second kappa shape index (κ2) is 11.4. The lowest BCUT2D eigenvalue weighted by molar-refractivity contribution is -0.275. The van der Waals surface area contributed by atoms with Gasteiger partial charge in [0, 0.05) is 40.2 Å². The van der Waals surface area contributed by atoms with Crippen LogP contribution in [0, 0.1) is 0 Å². The summed E-state index contributed by atoms with van der Waals surface area (Å²) in [5.41, 5.74) is 1.26. The summed E-state index contributed by atoms with van der Waals surface area (Å²) in [6, 6.07) is 11.6. The number of nitrogens with one attached hydrogen (secondary N) is 1. The number of thiazole rings is 1. The largest absolute Gasteiger partial charge is 0.573 e. The average Bonchev–Trinajstić information content (AvgIpc) is 3.46. The molecule has 0 atom stereocenters. The highest BCUT2D eigenvalue weighted by Crippen LogP contribution is 2.52. The number of alkyl halides is 3. The lowest BCUT2D eigenvalue weighted by atomic mass is 9.74. The number of urea groups is 1. The Balaban J connectivity index is 1.33. The van der Waals surface area contributed by atoms with Gasteiger partial charge in [-0.05, 0) is 55.8 Å². The summed E-state index contributed by atoms with van der Waals surface area (Å²) in [6.07, 6.45) is 1.99. The van der Waals surface area contributed by atoms with E-state index in [1.807, 2.05) is 30.3 Å². The van der Waals surface area contributed by atoms with Crippen LogP contribution in [0.25, 0.3) is 6.08 Å². The number of hydrogen-bond donors (Lipinski definition) is 1. The zero-order valence-electron chi connectivity index (χ0n) is 20.7. The van der Waals surface area contributed by atoms with Crippen molar-refractivity contribution in [3.8, 4) is 5.75 Å². The van der Waals surface area contributed by atoms with Crippen LogP contribution in [0.15, 0.2) is 54.7 Å². The molecule has 39 heavy (non-hydrogen) atoms. The molecule has 2 aliphatic rings. The topological polar surface area (TPSA) is 57.7 Å². The average molecular weight is 597 g/mol. The molecule has 1 aromatic heterocycles. The molecule has 3 aromatic rings. The third kappa shape index (κ3) is 6.51. The van der Waals surface area contributed by atoms with E-state index in [-0.39, 0.29) is 18.8 Å². The van der Waals surface area contributed by atoms with E-state index >= 15 is 0 Å². The van der Waals surface area contributed by atoms with Gasteiger partial charge in [0.25, 0.3) is 0 Å². The summed E-state index contributed by atoms with van der Waals surface area (Å²) < 4.78 is 44.9. The van der Waals surface area contributed by atoms with Crippen LogP contribution in [0.3, 0.4) is 0 Å². The molecule has 0 unspecified atom stereocenters. The number of halogens is 5. The molecule has 0 radical (unpaired) electrons. The quantitative estimate of drug-likeness (QED) is 0.329. The van der Waals surface area contributed by atoms with E-state index in [9.17, 15) is 18.0 Å². The first-order valence-corrected chi connectivity index (χ1v) is 13.9. The number of carbonyl (C=O) groups excluding carboxylic acids is 1. The zero-order valence-corrected chi connectivity index (χ0v) is 23.0. The minimum Gasteiger partial charge on any atom is -0.405 e. The molecule has 0 bridgehead atoms. The van der Waals surface area contributed by atoms with E-state index in [1.165, 1.54) is 28.4 Å². The number of rotatable bonds is 6. The van der Waals surface area contributed by atoms with Gasteiger partial charge in [-0.1, -0.05) is 53.6 Å². The molecule has 2 aromatic carbocycles. The fourth-order valence-corrected chi connectivity index (χ4v) is 6.29. The van der Waals surface area contributed by atoms with Crippen molar-refractivity contribution < 1.29 is 22.7 Å². The number of amides is 2. The van der Waals surface area contributed by atoms with Crippen LogP contribution < -0.4 is 15.0 Å². The summed E-state index contributed by atoms with van der Waals surface area (Å²) in [5.74, 6) is -0.249. The summed E-state index contributed by atoms with van der Waals surface area (Å²) in [5, 5.41) is 3.52. The molecule has 1 N–H and O–H groups in total. The van der Waals surface area contributed by atoms with Gasteiger partial charge in [0.05, 0.1) is 12.2 Å². The number of carbonyl (C=O) groups is 1. The number of piperidine rings is 1. The lowest BCUT2D eigenvalue weighted by Crippen LogP contribution is -2.47. The Labute approximate surface area is 238 Å². The van der Waals surface area contributed by atoms with Crippen LogP contribution in [-0.2, 0) is 12.0 Å². The van der Waals surface area contributed by atoms with Crippen LogP contribution in [0.2, 0.25) is 9.49 Å². The van der Waals surface area contributed by atoms with Gasteiger partial charge >= 0.3 is 12.4 Å². The zero-order chi connectivity index (χ0) is 27.6. The van der Waals surface area contributed by atoms with E-state index in [2.05, 4.69) is 26.0 Å². The Bertz CT molecular complexity index is 1360. The van der Waals surface area contributed by atoms with Crippen LogP contribution in [-0.4, -0.2) is 48.5 Å². The van der Waals surface area contributed by atoms with E-state index in [1.54, 1.807) is 12.3 Å². The van der Waals surface area contributed by atoms with Gasteiger partial charge in [-0.2, -0.15) is 0 Å². The van der Waals surface area contributed by atoms with Crippen molar-refractivity contribution >= 4 is 52.3 Å². The van der Waals surface area contributed by atoms with Gasteiger partial charge in [0.2, 0.25) is 0 Å². The Hall–Kier alpha value is -2.79. The first kappa shape index (κ1) is 27.8.